The normalized spacial score (nSPS) is 15.9. The lowest BCUT2D eigenvalue weighted by Gasteiger charge is -2.28. The highest BCUT2D eigenvalue weighted by Gasteiger charge is 2.21. The van der Waals surface area contributed by atoms with Gasteiger partial charge in [0.1, 0.15) is 11.4 Å². The third-order valence-corrected chi connectivity index (χ3v) is 3.05. The summed E-state index contributed by atoms with van der Waals surface area (Å²) in [6, 6.07) is 10.3. The number of fused-ring (bicyclic) bond motifs is 1. The summed E-state index contributed by atoms with van der Waals surface area (Å²) in [6.07, 6.45) is 7.85. The molecule has 0 bridgehead atoms. The minimum atomic E-state index is -0.236. The second-order valence-electron chi connectivity index (χ2n) is 5.03. The van der Waals surface area contributed by atoms with Crippen molar-refractivity contribution in [2.45, 2.75) is 19.4 Å². The van der Waals surface area contributed by atoms with E-state index < -0.39 is 0 Å². The van der Waals surface area contributed by atoms with Crippen LogP contribution in [0.25, 0.3) is 17.2 Å². The summed E-state index contributed by atoms with van der Waals surface area (Å²) < 4.78 is 5.97. The fraction of sp³-hybridized carbons (Fsp3) is 0.188. The fourth-order valence-corrected chi connectivity index (χ4v) is 2.08. The van der Waals surface area contributed by atoms with E-state index in [4.69, 9.17) is 4.74 Å². The molecule has 18 heavy (non-hydrogen) atoms. The molecule has 1 aliphatic heterocycles. The Morgan fingerprint density at radius 3 is 2.78 bits per heavy atom. The van der Waals surface area contributed by atoms with Crippen LogP contribution in [0.4, 0.5) is 0 Å². The number of benzene rings is 1. The van der Waals surface area contributed by atoms with Crippen LogP contribution < -0.4 is 4.74 Å². The maximum atomic E-state index is 5.97. The third kappa shape index (κ3) is 2.02. The van der Waals surface area contributed by atoms with Crippen LogP contribution >= 0.6 is 0 Å². The Hall–Kier alpha value is -2.09. The molecule has 3 rings (SSSR count). The van der Waals surface area contributed by atoms with Gasteiger partial charge in [-0.15, -0.1) is 0 Å². The van der Waals surface area contributed by atoms with Crippen molar-refractivity contribution < 1.29 is 4.74 Å². The molecule has 0 spiro atoms. The largest absolute Gasteiger partial charge is 0.483 e. The van der Waals surface area contributed by atoms with E-state index >= 15 is 0 Å². The van der Waals surface area contributed by atoms with Crippen molar-refractivity contribution in [2.75, 3.05) is 0 Å². The summed E-state index contributed by atoms with van der Waals surface area (Å²) in [5, 5.41) is 0. The van der Waals surface area contributed by atoms with Crippen molar-refractivity contribution in [1.82, 2.24) is 4.98 Å². The molecule has 2 heteroatoms. The van der Waals surface area contributed by atoms with E-state index in [1.165, 1.54) is 0 Å². The van der Waals surface area contributed by atoms with Gasteiger partial charge in [-0.05, 0) is 37.6 Å². The number of pyridine rings is 1. The molecule has 90 valence electrons. The van der Waals surface area contributed by atoms with Gasteiger partial charge in [-0.2, -0.15) is 0 Å². The summed E-state index contributed by atoms with van der Waals surface area (Å²) in [6.45, 7) is 4.12. The molecule has 2 aromatic rings. The van der Waals surface area contributed by atoms with Crippen LogP contribution in [0.15, 0.2) is 48.8 Å². The highest BCUT2D eigenvalue weighted by Crippen LogP contribution is 2.34. The van der Waals surface area contributed by atoms with E-state index in [0.717, 1.165) is 22.4 Å². The van der Waals surface area contributed by atoms with Crippen LogP contribution in [0.5, 0.6) is 5.75 Å². The van der Waals surface area contributed by atoms with Crippen LogP contribution in [0.2, 0.25) is 0 Å². The SMILES string of the molecule is CC1(C)C=Cc2ccc(-c3cccnc3)cc2O1. The van der Waals surface area contributed by atoms with Crippen LogP contribution in [-0.4, -0.2) is 10.6 Å². The van der Waals surface area contributed by atoms with Crippen molar-refractivity contribution in [3.05, 3.63) is 54.4 Å². The summed E-state index contributed by atoms with van der Waals surface area (Å²) in [7, 11) is 0. The van der Waals surface area contributed by atoms with Gasteiger partial charge in [-0.3, -0.25) is 4.98 Å². The molecule has 0 saturated carbocycles. The molecule has 2 heterocycles. The minimum absolute atomic E-state index is 0.236. The van der Waals surface area contributed by atoms with Crippen molar-refractivity contribution in [2.24, 2.45) is 0 Å². The molecule has 0 fully saturated rings. The molecule has 0 atom stereocenters. The number of hydrogen-bond acceptors (Lipinski definition) is 2. The Bertz CT molecular complexity index is 600. The summed E-state index contributed by atoms with van der Waals surface area (Å²) in [4.78, 5) is 4.15. The molecule has 0 radical (unpaired) electrons. The van der Waals surface area contributed by atoms with Gasteiger partial charge >= 0.3 is 0 Å². The Kier molecular flexibility index (Phi) is 2.44. The first-order valence-corrected chi connectivity index (χ1v) is 6.07. The van der Waals surface area contributed by atoms with E-state index in [1.54, 1.807) is 6.20 Å². The monoisotopic (exact) mass is 237 g/mol. The van der Waals surface area contributed by atoms with E-state index in [9.17, 15) is 0 Å². The molecule has 0 amide bonds. The lowest BCUT2D eigenvalue weighted by atomic mass is 9.99. The first-order valence-electron chi connectivity index (χ1n) is 6.07. The van der Waals surface area contributed by atoms with Crippen molar-refractivity contribution in [3.8, 4) is 16.9 Å². The van der Waals surface area contributed by atoms with Gasteiger partial charge in [0.25, 0.3) is 0 Å². The van der Waals surface area contributed by atoms with E-state index in [0.29, 0.717) is 0 Å². The number of ether oxygens (including phenoxy) is 1. The van der Waals surface area contributed by atoms with Gasteiger partial charge in [0.05, 0.1) is 0 Å². The van der Waals surface area contributed by atoms with Crippen LogP contribution in [0, 0.1) is 0 Å². The number of aromatic nitrogens is 1. The zero-order valence-corrected chi connectivity index (χ0v) is 10.6. The molecule has 2 nitrogen and oxygen atoms in total. The van der Waals surface area contributed by atoms with Crippen LogP contribution in [0.1, 0.15) is 19.4 Å². The zero-order valence-electron chi connectivity index (χ0n) is 10.6. The molecule has 1 aliphatic rings. The van der Waals surface area contributed by atoms with Gasteiger partial charge < -0.3 is 4.74 Å². The minimum Gasteiger partial charge on any atom is -0.483 e. The van der Waals surface area contributed by atoms with Crippen molar-refractivity contribution >= 4 is 6.08 Å². The van der Waals surface area contributed by atoms with Gasteiger partial charge in [-0.25, -0.2) is 0 Å². The van der Waals surface area contributed by atoms with E-state index in [1.807, 2.05) is 12.3 Å². The lowest BCUT2D eigenvalue weighted by molar-refractivity contribution is 0.159. The lowest BCUT2D eigenvalue weighted by Crippen LogP contribution is -2.27. The van der Waals surface area contributed by atoms with Crippen LogP contribution in [0.3, 0.4) is 0 Å². The topological polar surface area (TPSA) is 22.1 Å². The molecule has 0 N–H and O–H groups in total. The second-order valence-corrected chi connectivity index (χ2v) is 5.03. The number of hydrogen-bond donors (Lipinski definition) is 0. The first-order chi connectivity index (χ1) is 8.64. The average molecular weight is 237 g/mol. The third-order valence-electron chi connectivity index (χ3n) is 3.05. The molecular weight excluding hydrogens is 222 g/mol. The van der Waals surface area contributed by atoms with E-state index in [2.05, 4.69) is 55.2 Å². The Balaban J connectivity index is 2.05. The predicted octanol–water partition coefficient (Wildman–Crippen LogP) is 3.93. The molecular formula is C16H15NO. The Morgan fingerprint density at radius 2 is 2.00 bits per heavy atom. The van der Waals surface area contributed by atoms with Crippen LogP contribution in [-0.2, 0) is 0 Å². The first kappa shape index (κ1) is 11.0. The highest BCUT2D eigenvalue weighted by atomic mass is 16.5. The van der Waals surface area contributed by atoms with Gasteiger partial charge in [-0.1, -0.05) is 24.3 Å². The maximum absolute atomic E-state index is 5.97. The smallest absolute Gasteiger partial charge is 0.128 e. The number of nitrogens with zero attached hydrogens (tertiary/aromatic N) is 1. The number of rotatable bonds is 1. The average Bonchev–Trinajstić information content (AvgIpc) is 2.38. The van der Waals surface area contributed by atoms with E-state index in [-0.39, 0.29) is 5.60 Å². The summed E-state index contributed by atoms with van der Waals surface area (Å²) >= 11 is 0. The second kappa shape index (κ2) is 3.98. The fourth-order valence-electron chi connectivity index (χ4n) is 2.08. The summed E-state index contributed by atoms with van der Waals surface area (Å²) in [5.41, 5.74) is 3.13. The zero-order chi connectivity index (χ0) is 12.6. The summed E-state index contributed by atoms with van der Waals surface area (Å²) in [5.74, 6) is 0.934. The Morgan fingerprint density at radius 1 is 1.11 bits per heavy atom. The van der Waals surface area contributed by atoms with Gasteiger partial charge in [0, 0.05) is 23.5 Å². The van der Waals surface area contributed by atoms with Crippen molar-refractivity contribution in [3.63, 3.8) is 0 Å². The molecule has 0 saturated heterocycles. The Labute approximate surface area is 107 Å². The molecule has 0 unspecified atom stereocenters. The van der Waals surface area contributed by atoms with Gasteiger partial charge in [0.15, 0.2) is 0 Å². The molecule has 1 aromatic heterocycles. The van der Waals surface area contributed by atoms with Gasteiger partial charge in [0.2, 0.25) is 0 Å². The predicted molar refractivity (Wildman–Crippen MR) is 73.4 cm³/mol. The quantitative estimate of drug-likeness (QED) is 0.749. The van der Waals surface area contributed by atoms with Crippen molar-refractivity contribution in [1.29, 1.82) is 0 Å². The molecule has 1 aromatic carbocycles. The standard InChI is InChI=1S/C16H15NO/c1-16(2)8-7-12-5-6-13(10-15(12)18-16)14-4-3-9-17-11-14/h3-11H,1-2H3. The molecule has 0 aliphatic carbocycles. The maximum Gasteiger partial charge on any atom is 0.128 e. The highest BCUT2D eigenvalue weighted by molar-refractivity contribution is 5.70.